The SMILES string of the molecule is CCCCOC(=O)N1CCC[C@@H](Nc2ccc(C#N)nc2)C1. The molecule has 0 aliphatic carbocycles. The lowest BCUT2D eigenvalue weighted by Gasteiger charge is -2.32. The van der Waals surface area contributed by atoms with E-state index >= 15 is 0 Å². The minimum absolute atomic E-state index is 0.183. The predicted molar refractivity (Wildman–Crippen MR) is 83.4 cm³/mol. The van der Waals surface area contributed by atoms with Gasteiger partial charge in [-0.15, -0.1) is 0 Å². The average molecular weight is 302 g/mol. The summed E-state index contributed by atoms with van der Waals surface area (Å²) in [6.45, 7) is 3.93. The second-order valence-corrected chi connectivity index (χ2v) is 5.44. The lowest BCUT2D eigenvalue weighted by Crippen LogP contribution is -2.45. The second-order valence-electron chi connectivity index (χ2n) is 5.44. The van der Waals surface area contributed by atoms with Crippen LogP contribution >= 0.6 is 0 Å². The molecule has 1 amide bonds. The van der Waals surface area contributed by atoms with Crippen molar-refractivity contribution in [1.82, 2.24) is 9.88 Å². The first-order chi connectivity index (χ1) is 10.7. The third-order valence-electron chi connectivity index (χ3n) is 3.65. The highest BCUT2D eigenvalue weighted by atomic mass is 16.6. The number of amides is 1. The zero-order chi connectivity index (χ0) is 15.8. The van der Waals surface area contributed by atoms with Crippen molar-refractivity contribution in [2.75, 3.05) is 25.0 Å². The molecule has 1 aromatic rings. The number of nitrogens with one attached hydrogen (secondary N) is 1. The van der Waals surface area contributed by atoms with E-state index in [0.717, 1.165) is 37.9 Å². The number of anilines is 1. The number of carbonyl (C=O) groups excluding carboxylic acids is 1. The first-order valence-electron chi connectivity index (χ1n) is 7.77. The molecule has 1 aromatic heterocycles. The number of nitriles is 1. The summed E-state index contributed by atoms with van der Waals surface area (Å²) >= 11 is 0. The molecule has 1 aliphatic rings. The first-order valence-corrected chi connectivity index (χ1v) is 7.77. The molecule has 6 heteroatoms. The lowest BCUT2D eigenvalue weighted by molar-refractivity contribution is 0.0920. The van der Waals surface area contributed by atoms with Gasteiger partial charge in [0, 0.05) is 19.1 Å². The zero-order valence-corrected chi connectivity index (χ0v) is 12.9. The molecule has 1 N–H and O–H groups in total. The summed E-state index contributed by atoms with van der Waals surface area (Å²) in [4.78, 5) is 17.8. The van der Waals surface area contributed by atoms with Crippen molar-refractivity contribution in [3.63, 3.8) is 0 Å². The molecule has 6 nitrogen and oxygen atoms in total. The number of nitrogens with zero attached hydrogens (tertiary/aromatic N) is 3. The minimum atomic E-state index is -0.224. The molecule has 0 bridgehead atoms. The molecule has 1 aliphatic heterocycles. The van der Waals surface area contributed by atoms with Crippen LogP contribution in [0, 0.1) is 11.3 Å². The number of hydrogen-bond donors (Lipinski definition) is 1. The smallest absolute Gasteiger partial charge is 0.409 e. The van der Waals surface area contributed by atoms with E-state index in [1.165, 1.54) is 0 Å². The maximum absolute atomic E-state index is 12.0. The van der Waals surface area contributed by atoms with Gasteiger partial charge in [-0.25, -0.2) is 9.78 Å². The highest BCUT2D eigenvalue weighted by Crippen LogP contribution is 2.16. The zero-order valence-electron chi connectivity index (χ0n) is 12.9. The monoisotopic (exact) mass is 302 g/mol. The number of carbonyl (C=O) groups is 1. The van der Waals surface area contributed by atoms with Crippen molar-refractivity contribution >= 4 is 11.8 Å². The van der Waals surface area contributed by atoms with E-state index in [9.17, 15) is 4.79 Å². The molecular weight excluding hydrogens is 280 g/mol. The van der Waals surface area contributed by atoms with Crippen molar-refractivity contribution in [2.45, 2.75) is 38.6 Å². The van der Waals surface area contributed by atoms with Crippen molar-refractivity contribution in [2.24, 2.45) is 0 Å². The van der Waals surface area contributed by atoms with Gasteiger partial charge >= 0.3 is 6.09 Å². The van der Waals surface area contributed by atoms with E-state index in [1.807, 2.05) is 12.1 Å². The van der Waals surface area contributed by atoms with Gasteiger partial charge in [0.2, 0.25) is 0 Å². The fourth-order valence-electron chi connectivity index (χ4n) is 2.44. The van der Waals surface area contributed by atoms with Gasteiger partial charge < -0.3 is 15.0 Å². The molecule has 2 heterocycles. The molecule has 1 fully saturated rings. The second kappa shape index (κ2) is 8.23. The first kappa shape index (κ1) is 16.1. The van der Waals surface area contributed by atoms with E-state index < -0.39 is 0 Å². The standard InChI is InChI=1S/C16H22N4O2/c1-2-3-9-22-16(21)20-8-4-5-15(12-20)19-14-7-6-13(10-17)18-11-14/h6-7,11,15,19H,2-5,8-9,12H2,1H3/t15-/m1/s1. The Hall–Kier alpha value is -2.29. The van der Waals surface area contributed by atoms with E-state index in [0.29, 0.717) is 18.8 Å². The van der Waals surface area contributed by atoms with Crippen LogP contribution in [-0.2, 0) is 4.74 Å². The van der Waals surface area contributed by atoms with Crippen LogP contribution in [-0.4, -0.2) is 41.7 Å². The summed E-state index contributed by atoms with van der Waals surface area (Å²) in [5, 5.41) is 12.1. The van der Waals surface area contributed by atoms with E-state index in [2.05, 4.69) is 17.2 Å². The quantitative estimate of drug-likeness (QED) is 0.846. The maximum Gasteiger partial charge on any atom is 0.409 e. The third kappa shape index (κ3) is 4.62. The Balaban J connectivity index is 1.84. The Morgan fingerprint density at radius 2 is 2.45 bits per heavy atom. The molecule has 1 atom stereocenters. The summed E-state index contributed by atoms with van der Waals surface area (Å²) < 4.78 is 5.26. The van der Waals surface area contributed by atoms with Gasteiger partial charge in [-0.1, -0.05) is 13.3 Å². The van der Waals surface area contributed by atoms with Crippen LogP contribution in [0.15, 0.2) is 18.3 Å². The van der Waals surface area contributed by atoms with Crippen LogP contribution in [0.4, 0.5) is 10.5 Å². The van der Waals surface area contributed by atoms with E-state index in [1.54, 1.807) is 17.2 Å². The number of likely N-dealkylation sites (tertiary alicyclic amines) is 1. The van der Waals surface area contributed by atoms with Gasteiger partial charge in [-0.3, -0.25) is 0 Å². The maximum atomic E-state index is 12.0. The number of hydrogen-bond acceptors (Lipinski definition) is 5. The molecule has 1 saturated heterocycles. The minimum Gasteiger partial charge on any atom is -0.449 e. The Morgan fingerprint density at radius 3 is 3.14 bits per heavy atom. The van der Waals surface area contributed by atoms with Crippen LogP contribution in [0.5, 0.6) is 0 Å². The topological polar surface area (TPSA) is 78.2 Å². The van der Waals surface area contributed by atoms with Gasteiger partial charge in [-0.05, 0) is 31.4 Å². The normalized spacial score (nSPS) is 17.6. The Morgan fingerprint density at radius 1 is 1.59 bits per heavy atom. The van der Waals surface area contributed by atoms with Gasteiger partial charge in [0.05, 0.1) is 18.5 Å². The summed E-state index contributed by atoms with van der Waals surface area (Å²) in [5.41, 5.74) is 1.26. The highest BCUT2D eigenvalue weighted by Gasteiger charge is 2.24. The number of unbranched alkanes of at least 4 members (excludes halogenated alkanes) is 1. The largest absolute Gasteiger partial charge is 0.449 e. The van der Waals surface area contributed by atoms with Crippen LogP contribution < -0.4 is 5.32 Å². The number of pyridine rings is 1. The highest BCUT2D eigenvalue weighted by molar-refractivity contribution is 5.67. The lowest BCUT2D eigenvalue weighted by atomic mass is 10.1. The van der Waals surface area contributed by atoms with Crippen molar-refractivity contribution in [3.05, 3.63) is 24.0 Å². The molecule has 0 radical (unpaired) electrons. The molecule has 22 heavy (non-hydrogen) atoms. The average Bonchev–Trinajstić information content (AvgIpc) is 2.56. The number of ether oxygens (including phenoxy) is 1. The summed E-state index contributed by atoms with van der Waals surface area (Å²) in [5.74, 6) is 0. The fraction of sp³-hybridized carbons (Fsp3) is 0.562. The third-order valence-corrected chi connectivity index (χ3v) is 3.65. The molecule has 2 rings (SSSR count). The molecule has 0 aromatic carbocycles. The van der Waals surface area contributed by atoms with E-state index in [-0.39, 0.29) is 12.1 Å². The summed E-state index contributed by atoms with van der Waals surface area (Å²) in [7, 11) is 0. The predicted octanol–water partition coefficient (Wildman–Crippen LogP) is 2.77. The van der Waals surface area contributed by atoms with Gasteiger partial charge in [0.25, 0.3) is 0 Å². The number of rotatable bonds is 5. The Kier molecular flexibility index (Phi) is 6.01. The summed E-state index contributed by atoms with van der Waals surface area (Å²) in [6.07, 6.45) is 5.29. The van der Waals surface area contributed by atoms with Crippen LogP contribution in [0.2, 0.25) is 0 Å². The Bertz CT molecular complexity index is 524. The fourth-order valence-corrected chi connectivity index (χ4v) is 2.44. The number of aromatic nitrogens is 1. The molecular formula is C16H22N4O2. The molecule has 0 unspecified atom stereocenters. The van der Waals surface area contributed by atoms with Crippen LogP contribution in [0.3, 0.4) is 0 Å². The summed E-state index contributed by atoms with van der Waals surface area (Å²) in [6, 6.07) is 5.70. The molecule has 0 saturated carbocycles. The van der Waals surface area contributed by atoms with Gasteiger partial charge in [0.1, 0.15) is 11.8 Å². The van der Waals surface area contributed by atoms with Crippen molar-refractivity contribution in [3.8, 4) is 6.07 Å². The van der Waals surface area contributed by atoms with Gasteiger partial charge in [0.15, 0.2) is 0 Å². The Labute approximate surface area is 131 Å². The van der Waals surface area contributed by atoms with Crippen LogP contribution in [0.25, 0.3) is 0 Å². The van der Waals surface area contributed by atoms with E-state index in [4.69, 9.17) is 10.00 Å². The van der Waals surface area contributed by atoms with Gasteiger partial charge in [-0.2, -0.15) is 5.26 Å². The number of piperidine rings is 1. The molecule has 118 valence electrons. The van der Waals surface area contributed by atoms with Crippen LogP contribution in [0.1, 0.15) is 38.3 Å². The molecule has 0 spiro atoms. The van der Waals surface area contributed by atoms with Crippen molar-refractivity contribution in [1.29, 1.82) is 5.26 Å². The van der Waals surface area contributed by atoms with Crippen molar-refractivity contribution < 1.29 is 9.53 Å².